The van der Waals surface area contributed by atoms with Gasteiger partial charge in [-0.15, -0.1) is 0 Å². The molecule has 0 aromatic rings. The van der Waals surface area contributed by atoms with Crippen LogP contribution in [-0.4, -0.2) is 12.3 Å². The first-order valence-electron chi connectivity index (χ1n) is 4.00. The second-order valence-corrected chi connectivity index (χ2v) is 2.93. The maximum Gasteiger partial charge on any atom is 0.135 e. The summed E-state index contributed by atoms with van der Waals surface area (Å²) in [6.45, 7) is 4.85. The number of ketones is 1. The Labute approximate surface area is 62.8 Å². The van der Waals surface area contributed by atoms with E-state index in [4.69, 9.17) is 0 Å². The first-order chi connectivity index (χ1) is 4.68. The summed E-state index contributed by atoms with van der Waals surface area (Å²) in [4.78, 5) is 11.0. The Hall–Kier alpha value is -0.370. The Kier molecular flexibility index (Phi) is 5.22. The SMILES string of the molecule is CC(C)C(=O)CCCC[NH3+]. The lowest BCUT2D eigenvalue weighted by molar-refractivity contribution is -0.368. The summed E-state index contributed by atoms with van der Waals surface area (Å²) < 4.78 is 0. The van der Waals surface area contributed by atoms with Crippen molar-refractivity contribution < 1.29 is 10.5 Å². The van der Waals surface area contributed by atoms with Crippen LogP contribution in [0.2, 0.25) is 0 Å². The molecule has 0 spiro atoms. The fourth-order valence-corrected chi connectivity index (χ4v) is 0.765. The zero-order valence-corrected chi connectivity index (χ0v) is 7.02. The molecule has 0 amide bonds. The number of quaternary nitrogens is 1. The van der Waals surface area contributed by atoms with E-state index in [-0.39, 0.29) is 5.92 Å². The van der Waals surface area contributed by atoms with E-state index in [1.165, 1.54) is 0 Å². The minimum atomic E-state index is 0.213. The first kappa shape index (κ1) is 9.63. The molecule has 2 heteroatoms. The molecule has 0 heterocycles. The van der Waals surface area contributed by atoms with Crippen LogP contribution in [0.15, 0.2) is 0 Å². The minimum Gasteiger partial charge on any atom is -0.358 e. The van der Waals surface area contributed by atoms with E-state index in [1.54, 1.807) is 0 Å². The van der Waals surface area contributed by atoms with Crippen molar-refractivity contribution in [2.24, 2.45) is 5.92 Å². The predicted octanol–water partition coefficient (Wildman–Crippen LogP) is 0.624. The molecule has 3 N–H and O–H groups in total. The Morgan fingerprint density at radius 2 is 2.00 bits per heavy atom. The Morgan fingerprint density at radius 1 is 1.40 bits per heavy atom. The standard InChI is InChI=1S/C8H17NO/c1-7(2)8(10)5-3-4-6-9/h7H,3-6,9H2,1-2H3/p+1. The van der Waals surface area contributed by atoms with Crippen molar-refractivity contribution in [1.29, 1.82) is 0 Å². The molecule has 0 saturated heterocycles. The Balaban J connectivity index is 3.22. The van der Waals surface area contributed by atoms with Gasteiger partial charge in [0.1, 0.15) is 5.78 Å². The van der Waals surface area contributed by atoms with Crippen LogP contribution in [0.4, 0.5) is 0 Å². The van der Waals surface area contributed by atoms with Gasteiger partial charge >= 0.3 is 0 Å². The van der Waals surface area contributed by atoms with E-state index in [0.717, 1.165) is 25.8 Å². The van der Waals surface area contributed by atoms with Crippen LogP contribution in [0.3, 0.4) is 0 Å². The topological polar surface area (TPSA) is 44.7 Å². The van der Waals surface area contributed by atoms with Crippen LogP contribution < -0.4 is 5.73 Å². The summed E-state index contributed by atoms with van der Waals surface area (Å²) in [5.74, 6) is 0.596. The lowest BCUT2D eigenvalue weighted by atomic mass is 10.0. The number of hydrogen-bond acceptors (Lipinski definition) is 1. The van der Waals surface area contributed by atoms with Gasteiger partial charge in [0.25, 0.3) is 0 Å². The van der Waals surface area contributed by atoms with Crippen molar-refractivity contribution in [2.45, 2.75) is 33.1 Å². The molecule has 0 unspecified atom stereocenters. The van der Waals surface area contributed by atoms with Crippen LogP contribution in [0.25, 0.3) is 0 Å². The molecule has 0 bridgehead atoms. The van der Waals surface area contributed by atoms with Gasteiger partial charge in [0.05, 0.1) is 6.54 Å². The maximum absolute atomic E-state index is 11.0. The molecule has 0 saturated carbocycles. The molecule has 10 heavy (non-hydrogen) atoms. The molecule has 0 aliphatic rings. The van der Waals surface area contributed by atoms with Gasteiger partial charge in [-0.2, -0.15) is 0 Å². The molecule has 60 valence electrons. The zero-order valence-electron chi connectivity index (χ0n) is 7.02. The average molecular weight is 144 g/mol. The van der Waals surface area contributed by atoms with Gasteiger partial charge in [-0.1, -0.05) is 13.8 Å². The van der Waals surface area contributed by atoms with Crippen molar-refractivity contribution in [1.82, 2.24) is 0 Å². The second-order valence-electron chi connectivity index (χ2n) is 2.93. The summed E-state index contributed by atoms with van der Waals surface area (Å²) in [7, 11) is 0. The fraction of sp³-hybridized carbons (Fsp3) is 0.875. The van der Waals surface area contributed by atoms with Crippen molar-refractivity contribution in [3.63, 3.8) is 0 Å². The van der Waals surface area contributed by atoms with Gasteiger partial charge in [-0.05, 0) is 12.8 Å². The van der Waals surface area contributed by atoms with Crippen LogP contribution in [-0.2, 0) is 4.79 Å². The number of carbonyl (C=O) groups excluding carboxylic acids is 1. The largest absolute Gasteiger partial charge is 0.358 e. The third kappa shape index (κ3) is 4.50. The quantitative estimate of drug-likeness (QED) is 0.565. The molecule has 0 radical (unpaired) electrons. The van der Waals surface area contributed by atoms with E-state index in [1.807, 2.05) is 13.8 Å². The van der Waals surface area contributed by atoms with Gasteiger partial charge in [0, 0.05) is 12.3 Å². The van der Waals surface area contributed by atoms with Crippen LogP contribution in [0.1, 0.15) is 33.1 Å². The normalized spacial score (nSPS) is 10.4. The van der Waals surface area contributed by atoms with Gasteiger partial charge in [0.2, 0.25) is 0 Å². The molecule has 0 rings (SSSR count). The van der Waals surface area contributed by atoms with E-state index in [2.05, 4.69) is 5.73 Å². The Bertz CT molecular complexity index is 99.4. The summed E-state index contributed by atoms with van der Waals surface area (Å²) in [5.41, 5.74) is 3.72. The summed E-state index contributed by atoms with van der Waals surface area (Å²) in [6.07, 6.45) is 2.84. The molecule has 0 fully saturated rings. The lowest BCUT2D eigenvalue weighted by Crippen LogP contribution is -2.50. The molecule has 0 aliphatic heterocycles. The highest BCUT2D eigenvalue weighted by Crippen LogP contribution is 2.02. The summed E-state index contributed by atoms with van der Waals surface area (Å²) in [5, 5.41) is 0. The van der Waals surface area contributed by atoms with Gasteiger partial charge < -0.3 is 5.73 Å². The van der Waals surface area contributed by atoms with Gasteiger partial charge in [0.15, 0.2) is 0 Å². The molecular weight excluding hydrogens is 126 g/mol. The van der Waals surface area contributed by atoms with Gasteiger partial charge in [-0.3, -0.25) is 4.79 Å². The minimum absolute atomic E-state index is 0.213. The van der Waals surface area contributed by atoms with E-state index in [9.17, 15) is 4.79 Å². The second kappa shape index (κ2) is 5.42. The smallest absolute Gasteiger partial charge is 0.135 e. The van der Waals surface area contributed by atoms with Crippen LogP contribution in [0.5, 0.6) is 0 Å². The third-order valence-electron chi connectivity index (χ3n) is 1.57. The average Bonchev–Trinajstić information content (AvgIpc) is 1.88. The molecule has 0 aliphatic carbocycles. The third-order valence-corrected chi connectivity index (χ3v) is 1.57. The van der Waals surface area contributed by atoms with Crippen molar-refractivity contribution in [2.75, 3.05) is 6.54 Å². The molecule has 0 aromatic heterocycles. The van der Waals surface area contributed by atoms with Crippen molar-refractivity contribution >= 4 is 5.78 Å². The van der Waals surface area contributed by atoms with E-state index >= 15 is 0 Å². The number of rotatable bonds is 5. The first-order valence-corrected chi connectivity index (χ1v) is 4.00. The maximum atomic E-state index is 11.0. The Morgan fingerprint density at radius 3 is 2.40 bits per heavy atom. The number of unbranched alkanes of at least 4 members (excludes halogenated alkanes) is 1. The highest BCUT2D eigenvalue weighted by molar-refractivity contribution is 5.80. The zero-order chi connectivity index (χ0) is 7.98. The van der Waals surface area contributed by atoms with Crippen LogP contribution in [0, 0.1) is 5.92 Å². The molecule has 2 nitrogen and oxygen atoms in total. The highest BCUT2D eigenvalue weighted by Gasteiger charge is 2.05. The van der Waals surface area contributed by atoms with E-state index < -0.39 is 0 Å². The highest BCUT2D eigenvalue weighted by atomic mass is 16.1. The van der Waals surface area contributed by atoms with Crippen LogP contribution >= 0.6 is 0 Å². The molecule has 0 atom stereocenters. The fourth-order valence-electron chi connectivity index (χ4n) is 0.765. The van der Waals surface area contributed by atoms with Gasteiger partial charge in [-0.25, -0.2) is 0 Å². The number of Topliss-reactive ketones (excluding diaryl/α,β-unsaturated/α-hetero) is 1. The summed E-state index contributed by atoms with van der Waals surface area (Å²) in [6, 6.07) is 0. The number of carbonyl (C=O) groups is 1. The van der Waals surface area contributed by atoms with Crippen molar-refractivity contribution in [3.8, 4) is 0 Å². The predicted molar refractivity (Wildman–Crippen MR) is 41.5 cm³/mol. The molecule has 0 aromatic carbocycles. The lowest BCUT2D eigenvalue weighted by Gasteiger charge is -2.01. The van der Waals surface area contributed by atoms with Crippen molar-refractivity contribution in [3.05, 3.63) is 0 Å². The summed E-state index contributed by atoms with van der Waals surface area (Å²) >= 11 is 0. The van der Waals surface area contributed by atoms with E-state index in [0.29, 0.717) is 5.78 Å². The number of hydrogen-bond donors (Lipinski definition) is 1. The monoisotopic (exact) mass is 144 g/mol. The molecular formula is C8H18NO+.